The van der Waals surface area contributed by atoms with E-state index in [2.05, 4.69) is 4.90 Å². The van der Waals surface area contributed by atoms with Crippen molar-refractivity contribution in [2.24, 2.45) is 5.92 Å². The Hall–Kier alpha value is -1.31. The molecule has 0 amide bonds. The first-order valence-electron chi connectivity index (χ1n) is 8.81. The zero-order chi connectivity index (χ0) is 18.0. The predicted molar refractivity (Wildman–Crippen MR) is 94.5 cm³/mol. The zero-order valence-corrected chi connectivity index (χ0v) is 15.3. The van der Waals surface area contributed by atoms with E-state index in [0.717, 1.165) is 32.4 Å². The molecule has 25 heavy (non-hydrogen) atoms. The molecule has 138 valence electrons. The number of hydrogen-bond donors (Lipinski definition) is 0. The lowest BCUT2D eigenvalue weighted by atomic mass is 9.94. The van der Waals surface area contributed by atoms with Gasteiger partial charge in [-0.3, -0.25) is 9.69 Å². The molecule has 1 aromatic rings. The highest BCUT2D eigenvalue weighted by molar-refractivity contribution is 7.88. The molecule has 3 heterocycles. The minimum absolute atomic E-state index is 0.0257. The van der Waals surface area contributed by atoms with Crippen LogP contribution in [0.5, 0.6) is 0 Å². The SMILES string of the molecule is CS(=O)(=O)N1C[C@@H]2CC[C@H](C1)N(CCCC(=O)c1ccc(F)cc1)C2. The Balaban J connectivity index is 1.53. The van der Waals surface area contributed by atoms with Gasteiger partial charge in [-0.15, -0.1) is 0 Å². The van der Waals surface area contributed by atoms with Gasteiger partial charge in [-0.25, -0.2) is 17.1 Å². The standard InChI is InChI=1S/C18H25FN2O3S/c1-25(23,24)21-12-14-4-9-17(13-21)20(11-14)10-2-3-18(22)15-5-7-16(19)8-6-15/h5-8,14,17H,2-4,9-13H2,1H3/t14-,17-/m1/s1. The van der Waals surface area contributed by atoms with Gasteiger partial charge in [-0.05, 0) is 56.0 Å². The van der Waals surface area contributed by atoms with Gasteiger partial charge in [-0.2, -0.15) is 0 Å². The molecule has 0 radical (unpaired) electrons. The summed E-state index contributed by atoms with van der Waals surface area (Å²) in [7, 11) is -3.15. The van der Waals surface area contributed by atoms with Crippen molar-refractivity contribution in [1.29, 1.82) is 0 Å². The molecule has 4 rings (SSSR count). The predicted octanol–water partition coefficient (Wildman–Crippen LogP) is 2.14. The number of nitrogens with zero attached hydrogens (tertiary/aromatic N) is 2. The lowest BCUT2D eigenvalue weighted by molar-refractivity contribution is 0.0955. The molecule has 0 aromatic heterocycles. The van der Waals surface area contributed by atoms with Gasteiger partial charge < -0.3 is 0 Å². The molecular weight excluding hydrogens is 343 g/mol. The van der Waals surface area contributed by atoms with Crippen LogP contribution in [-0.4, -0.2) is 61.9 Å². The van der Waals surface area contributed by atoms with Crippen molar-refractivity contribution in [2.75, 3.05) is 32.4 Å². The second-order valence-corrected chi connectivity index (χ2v) is 9.19. The third-order valence-electron chi connectivity index (χ3n) is 5.28. The number of fused-ring (bicyclic) bond motifs is 4. The summed E-state index contributed by atoms with van der Waals surface area (Å²) in [4.78, 5) is 14.5. The maximum absolute atomic E-state index is 12.9. The van der Waals surface area contributed by atoms with Crippen LogP contribution in [-0.2, 0) is 10.0 Å². The number of Topliss-reactive ketones (excluding diaryl/α,β-unsaturated/α-hetero) is 1. The van der Waals surface area contributed by atoms with Crippen LogP contribution < -0.4 is 0 Å². The molecule has 5 nitrogen and oxygen atoms in total. The second-order valence-electron chi connectivity index (χ2n) is 7.21. The summed E-state index contributed by atoms with van der Waals surface area (Å²) in [5.74, 6) is 0.0617. The monoisotopic (exact) mass is 368 g/mol. The molecule has 7 heteroatoms. The van der Waals surface area contributed by atoms with Gasteiger partial charge in [0, 0.05) is 37.7 Å². The van der Waals surface area contributed by atoms with Crippen molar-refractivity contribution >= 4 is 15.8 Å². The van der Waals surface area contributed by atoms with Crippen LogP contribution in [0.4, 0.5) is 4.39 Å². The van der Waals surface area contributed by atoms with Crippen LogP contribution >= 0.6 is 0 Å². The van der Waals surface area contributed by atoms with Gasteiger partial charge in [0.2, 0.25) is 10.0 Å². The quantitative estimate of drug-likeness (QED) is 0.722. The van der Waals surface area contributed by atoms with E-state index in [-0.39, 0.29) is 17.6 Å². The van der Waals surface area contributed by atoms with Crippen molar-refractivity contribution in [3.63, 3.8) is 0 Å². The lowest BCUT2D eigenvalue weighted by Crippen LogP contribution is -2.44. The van der Waals surface area contributed by atoms with E-state index in [1.54, 1.807) is 4.31 Å². The molecule has 0 saturated carbocycles. The third kappa shape index (κ3) is 4.65. The highest BCUT2D eigenvalue weighted by Crippen LogP contribution is 2.29. The Kier molecular flexibility index (Phi) is 5.55. The van der Waals surface area contributed by atoms with E-state index in [4.69, 9.17) is 0 Å². The molecule has 3 fully saturated rings. The lowest BCUT2D eigenvalue weighted by Gasteiger charge is -2.36. The second kappa shape index (κ2) is 7.51. The average molecular weight is 368 g/mol. The Morgan fingerprint density at radius 3 is 2.56 bits per heavy atom. The number of carbonyl (C=O) groups is 1. The smallest absolute Gasteiger partial charge is 0.211 e. The number of ketones is 1. The maximum Gasteiger partial charge on any atom is 0.211 e. The van der Waals surface area contributed by atoms with Crippen LogP contribution in [0, 0.1) is 11.7 Å². The van der Waals surface area contributed by atoms with Gasteiger partial charge in [0.1, 0.15) is 5.82 Å². The molecular formula is C18H25FN2O3S. The highest BCUT2D eigenvalue weighted by Gasteiger charge is 2.37. The fourth-order valence-corrected chi connectivity index (χ4v) is 4.83. The largest absolute Gasteiger partial charge is 0.299 e. The van der Waals surface area contributed by atoms with E-state index in [9.17, 15) is 17.6 Å². The summed E-state index contributed by atoms with van der Waals surface area (Å²) < 4.78 is 38.3. The minimum Gasteiger partial charge on any atom is -0.299 e. The van der Waals surface area contributed by atoms with Crippen LogP contribution in [0.15, 0.2) is 24.3 Å². The number of rotatable bonds is 6. The summed E-state index contributed by atoms with van der Waals surface area (Å²) in [5, 5.41) is 0. The van der Waals surface area contributed by atoms with Gasteiger partial charge in [0.25, 0.3) is 0 Å². The summed E-state index contributed by atoms with van der Waals surface area (Å²) in [6, 6.07) is 5.90. The zero-order valence-electron chi connectivity index (χ0n) is 14.5. The van der Waals surface area contributed by atoms with E-state index < -0.39 is 10.0 Å². The van der Waals surface area contributed by atoms with E-state index in [0.29, 0.717) is 31.0 Å². The number of carbonyl (C=O) groups excluding carboxylic acids is 1. The number of halogens is 1. The Bertz CT molecular complexity index is 720. The normalized spacial score (nSPS) is 25.0. The van der Waals surface area contributed by atoms with Crippen LogP contribution in [0.1, 0.15) is 36.0 Å². The van der Waals surface area contributed by atoms with Crippen molar-refractivity contribution in [3.8, 4) is 0 Å². The molecule has 0 spiro atoms. The molecule has 2 bridgehead atoms. The summed E-state index contributed by atoms with van der Waals surface area (Å²) in [5.41, 5.74) is 0.544. The molecule has 3 aliphatic heterocycles. The van der Waals surface area contributed by atoms with Crippen molar-refractivity contribution in [1.82, 2.24) is 9.21 Å². The minimum atomic E-state index is -3.15. The van der Waals surface area contributed by atoms with Crippen molar-refractivity contribution < 1.29 is 17.6 Å². The number of hydrogen-bond acceptors (Lipinski definition) is 4. The first-order valence-corrected chi connectivity index (χ1v) is 10.7. The van der Waals surface area contributed by atoms with Gasteiger partial charge >= 0.3 is 0 Å². The molecule has 0 N–H and O–H groups in total. The van der Waals surface area contributed by atoms with Gasteiger partial charge in [0.15, 0.2) is 5.78 Å². The van der Waals surface area contributed by atoms with Gasteiger partial charge in [0.05, 0.1) is 6.26 Å². The summed E-state index contributed by atoms with van der Waals surface area (Å²) in [6.45, 7) is 2.87. The van der Waals surface area contributed by atoms with E-state index in [1.165, 1.54) is 30.5 Å². The fourth-order valence-electron chi connectivity index (χ4n) is 3.90. The fraction of sp³-hybridized carbons (Fsp3) is 0.611. The highest BCUT2D eigenvalue weighted by atomic mass is 32.2. The molecule has 3 aliphatic rings. The number of benzene rings is 1. The molecule has 0 aliphatic carbocycles. The van der Waals surface area contributed by atoms with E-state index in [1.807, 2.05) is 0 Å². The first-order chi connectivity index (χ1) is 11.8. The number of piperidine rings is 1. The molecule has 1 aromatic carbocycles. The summed E-state index contributed by atoms with van der Waals surface area (Å²) in [6.07, 6.45) is 4.53. The average Bonchev–Trinajstić information content (AvgIpc) is 2.87. The Labute approximate surface area is 148 Å². The Morgan fingerprint density at radius 2 is 1.88 bits per heavy atom. The Morgan fingerprint density at radius 1 is 1.16 bits per heavy atom. The number of sulfonamides is 1. The first kappa shape index (κ1) is 18.5. The van der Waals surface area contributed by atoms with Crippen LogP contribution in [0.25, 0.3) is 0 Å². The van der Waals surface area contributed by atoms with Crippen LogP contribution in [0.3, 0.4) is 0 Å². The molecule has 2 atom stereocenters. The van der Waals surface area contributed by atoms with Crippen molar-refractivity contribution in [2.45, 2.75) is 31.7 Å². The maximum atomic E-state index is 12.9. The van der Waals surface area contributed by atoms with Gasteiger partial charge in [-0.1, -0.05) is 0 Å². The van der Waals surface area contributed by atoms with Crippen LogP contribution in [0.2, 0.25) is 0 Å². The summed E-state index contributed by atoms with van der Waals surface area (Å²) >= 11 is 0. The molecule has 3 saturated heterocycles. The molecule has 0 unspecified atom stereocenters. The topological polar surface area (TPSA) is 57.7 Å². The third-order valence-corrected chi connectivity index (χ3v) is 6.51. The van der Waals surface area contributed by atoms with E-state index >= 15 is 0 Å². The van der Waals surface area contributed by atoms with Crippen molar-refractivity contribution in [3.05, 3.63) is 35.6 Å².